The van der Waals surface area contributed by atoms with Gasteiger partial charge in [0.05, 0.1) is 19.8 Å². The van der Waals surface area contributed by atoms with E-state index in [1.807, 2.05) is 18.2 Å². The minimum atomic E-state index is -0.940. The molecule has 0 aliphatic carbocycles. The van der Waals surface area contributed by atoms with Gasteiger partial charge in [0.15, 0.2) is 11.7 Å². The molecule has 0 atom stereocenters. The van der Waals surface area contributed by atoms with Crippen molar-refractivity contribution in [1.29, 1.82) is 0 Å². The molecular formula is C23H26O6. The zero-order valence-corrected chi connectivity index (χ0v) is 16.8. The van der Waals surface area contributed by atoms with Gasteiger partial charge >= 0.3 is 11.9 Å². The van der Waals surface area contributed by atoms with E-state index in [2.05, 4.69) is 0 Å². The van der Waals surface area contributed by atoms with Crippen molar-refractivity contribution in [2.75, 3.05) is 19.8 Å². The van der Waals surface area contributed by atoms with Crippen LogP contribution in [0.2, 0.25) is 0 Å². The maximum absolute atomic E-state index is 12.4. The molecule has 6 heteroatoms. The summed E-state index contributed by atoms with van der Waals surface area (Å²) in [4.78, 5) is 36.3. The first-order chi connectivity index (χ1) is 14.1. The zero-order valence-electron chi connectivity index (χ0n) is 16.8. The second-order valence-corrected chi connectivity index (χ2v) is 6.27. The first-order valence-corrected chi connectivity index (χ1v) is 9.72. The van der Waals surface area contributed by atoms with Crippen molar-refractivity contribution in [1.82, 2.24) is 0 Å². The Labute approximate surface area is 170 Å². The third-order valence-electron chi connectivity index (χ3n) is 4.20. The number of carbonyl (C=O) groups is 3. The molecule has 6 nitrogen and oxygen atoms in total. The van der Waals surface area contributed by atoms with Crippen LogP contribution in [-0.2, 0) is 19.1 Å². The molecule has 0 radical (unpaired) electrons. The Kier molecular flexibility index (Phi) is 8.89. The van der Waals surface area contributed by atoms with Gasteiger partial charge in [0.25, 0.3) is 0 Å². The Hall–Kier alpha value is -3.15. The number of rotatable bonds is 11. The van der Waals surface area contributed by atoms with Crippen molar-refractivity contribution >= 4 is 17.7 Å². The zero-order chi connectivity index (χ0) is 21.1. The Balaban J connectivity index is 1.85. The van der Waals surface area contributed by atoms with Crippen LogP contribution in [0.15, 0.2) is 54.6 Å². The highest BCUT2D eigenvalue weighted by molar-refractivity contribution is 6.08. The summed E-state index contributed by atoms with van der Waals surface area (Å²) in [5.41, 5.74) is 1.21. The molecule has 0 heterocycles. The van der Waals surface area contributed by atoms with E-state index >= 15 is 0 Å². The lowest BCUT2D eigenvalue weighted by molar-refractivity contribution is -0.162. The fourth-order valence-electron chi connectivity index (χ4n) is 2.75. The van der Waals surface area contributed by atoms with E-state index in [-0.39, 0.29) is 25.4 Å². The lowest BCUT2D eigenvalue weighted by Gasteiger charge is -2.14. The van der Waals surface area contributed by atoms with Gasteiger partial charge in [-0.05, 0) is 51.0 Å². The maximum atomic E-state index is 12.4. The standard InChI is InChI=1S/C23H26O6/c1-3-27-22(25)20(23(26)28-4-2)11-8-16-29-19-14-12-18(13-15-19)21(24)17-9-6-5-7-10-17/h5-7,9-10,12-15,20H,3-4,8,11,16H2,1-2H3. The summed E-state index contributed by atoms with van der Waals surface area (Å²) in [6.07, 6.45) is 0.759. The summed E-state index contributed by atoms with van der Waals surface area (Å²) in [7, 11) is 0. The van der Waals surface area contributed by atoms with E-state index in [9.17, 15) is 14.4 Å². The summed E-state index contributed by atoms with van der Waals surface area (Å²) in [5.74, 6) is -1.53. The highest BCUT2D eigenvalue weighted by Gasteiger charge is 2.28. The molecule has 0 aliphatic heterocycles. The monoisotopic (exact) mass is 398 g/mol. The summed E-state index contributed by atoms with van der Waals surface area (Å²) in [6.45, 7) is 4.12. The predicted octanol–water partition coefficient (Wildman–Crippen LogP) is 3.82. The van der Waals surface area contributed by atoms with E-state index in [1.54, 1.807) is 50.2 Å². The third-order valence-corrected chi connectivity index (χ3v) is 4.20. The second-order valence-electron chi connectivity index (χ2n) is 6.27. The third kappa shape index (κ3) is 6.75. The van der Waals surface area contributed by atoms with E-state index in [0.717, 1.165) is 0 Å². The van der Waals surface area contributed by atoms with Crippen molar-refractivity contribution in [3.63, 3.8) is 0 Å². The van der Waals surface area contributed by atoms with Crippen LogP contribution in [-0.4, -0.2) is 37.5 Å². The van der Waals surface area contributed by atoms with Crippen LogP contribution < -0.4 is 4.74 Å². The fourth-order valence-corrected chi connectivity index (χ4v) is 2.75. The van der Waals surface area contributed by atoms with Crippen molar-refractivity contribution in [3.8, 4) is 5.75 Å². The van der Waals surface area contributed by atoms with Crippen molar-refractivity contribution in [2.24, 2.45) is 5.92 Å². The molecule has 2 aromatic rings. The number of hydrogen-bond acceptors (Lipinski definition) is 6. The van der Waals surface area contributed by atoms with Gasteiger partial charge in [0, 0.05) is 11.1 Å². The normalized spacial score (nSPS) is 10.4. The summed E-state index contributed by atoms with van der Waals surface area (Å²) >= 11 is 0. The Morgan fingerprint density at radius 3 is 1.90 bits per heavy atom. The van der Waals surface area contributed by atoms with E-state index in [1.165, 1.54) is 0 Å². The molecule has 0 unspecified atom stereocenters. The Morgan fingerprint density at radius 1 is 0.793 bits per heavy atom. The quantitative estimate of drug-likeness (QED) is 0.248. The average molecular weight is 398 g/mol. The van der Waals surface area contributed by atoms with Gasteiger partial charge in [-0.15, -0.1) is 0 Å². The Morgan fingerprint density at radius 2 is 1.34 bits per heavy atom. The van der Waals surface area contributed by atoms with Crippen molar-refractivity contribution in [3.05, 3.63) is 65.7 Å². The minimum absolute atomic E-state index is 0.0520. The van der Waals surface area contributed by atoms with Gasteiger partial charge in [0.1, 0.15) is 5.75 Å². The molecule has 0 aliphatic rings. The Bertz CT molecular complexity index is 780. The van der Waals surface area contributed by atoms with Crippen LogP contribution in [0.1, 0.15) is 42.6 Å². The van der Waals surface area contributed by atoms with Gasteiger partial charge in [-0.2, -0.15) is 0 Å². The van der Waals surface area contributed by atoms with E-state index in [0.29, 0.717) is 29.9 Å². The first-order valence-electron chi connectivity index (χ1n) is 9.72. The number of benzene rings is 2. The van der Waals surface area contributed by atoms with E-state index < -0.39 is 17.9 Å². The molecule has 154 valence electrons. The van der Waals surface area contributed by atoms with Gasteiger partial charge in [0.2, 0.25) is 0 Å². The highest BCUT2D eigenvalue weighted by atomic mass is 16.6. The van der Waals surface area contributed by atoms with Crippen LogP contribution in [0.25, 0.3) is 0 Å². The average Bonchev–Trinajstić information content (AvgIpc) is 2.74. The summed E-state index contributed by atoms with van der Waals surface area (Å²) in [5, 5.41) is 0. The first kappa shape index (κ1) is 22.1. The van der Waals surface area contributed by atoms with Crippen LogP contribution in [0.5, 0.6) is 5.75 Å². The van der Waals surface area contributed by atoms with Crippen LogP contribution in [0.3, 0.4) is 0 Å². The number of carbonyl (C=O) groups excluding carboxylic acids is 3. The number of esters is 2. The molecule has 0 spiro atoms. The number of ketones is 1. The van der Waals surface area contributed by atoms with Gasteiger partial charge in [-0.1, -0.05) is 30.3 Å². The molecule has 0 fully saturated rings. The molecule has 2 aromatic carbocycles. The predicted molar refractivity (Wildman–Crippen MR) is 108 cm³/mol. The van der Waals surface area contributed by atoms with Crippen LogP contribution in [0.4, 0.5) is 0 Å². The smallest absolute Gasteiger partial charge is 0.320 e. The summed E-state index contributed by atoms with van der Waals surface area (Å²) < 4.78 is 15.6. The molecule has 0 bridgehead atoms. The molecule has 0 saturated heterocycles. The molecule has 0 aromatic heterocycles. The molecular weight excluding hydrogens is 372 g/mol. The van der Waals surface area contributed by atoms with Crippen LogP contribution >= 0.6 is 0 Å². The van der Waals surface area contributed by atoms with Crippen LogP contribution in [0, 0.1) is 5.92 Å². The minimum Gasteiger partial charge on any atom is -0.494 e. The second kappa shape index (κ2) is 11.6. The van der Waals surface area contributed by atoms with E-state index in [4.69, 9.17) is 14.2 Å². The maximum Gasteiger partial charge on any atom is 0.320 e. The molecule has 2 rings (SSSR count). The van der Waals surface area contributed by atoms with Gasteiger partial charge in [-0.25, -0.2) is 0 Å². The molecule has 0 N–H and O–H groups in total. The number of ether oxygens (including phenoxy) is 3. The fraction of sp³-hybridized carbons (Fsp3) is 0.348. The molecule has 0 saturated carbocycles. The number of hydrogen-bond donors (Lipinski definition) is 0. The lowest BCUT2D eigenvalue weighted by atomic mass is 10.0. The lowest BCUT2D eigenvalue weighted by Crippen LogP contribution is -2.28. The van der Waals surface area contributed by atoms with Gasteiger partial charge < -0.3 is 14.2 Å². The highest BCUT2D eigenvalue weighted by Crippen LogP contribution is 2.17. The molecule has 0 amide bonds. The van der Waals surface area contributed by atoms with Crippen molar-refractivity contribution in [2.45, 2.75) is 26.7 Å². The SMILES string of the molecule is CCOC(=O)C(CCCOc1ccc(C(=O)c2ccccc2)cc1)C(=O)OCC. The van der Waals surface area contributed by atoms with Crippen molar-refractivity contribution < 1.29 is 28.6 Å². The topological polar surface area (TPSA) is 78.9 Å². The van der Waals surface area contributed by atoms with Gasteiger partial charge in [-0.3, -0.25) is 14.4 Å². The largest absolute Gasteiger partial charge is 0.494 e. The summed E-state index contributed by atoms with van der Waals surface area (Å²) in [6, 6.07) is 15.9. The molecule has 29 heavy (non-hydrogen) atoms.